The third kappa shape index (κ3) is 3.68. The zero-order chi connectivity index (χ0) is 20.3. The number of ether oxygens (including phenoxy) is 1. The molecule has 7 heteroatoms. The van der Waals surface area contributed by atoms with Crippen molar-refractivity contribution in [1.29, 1.82) is 0 Å². The summed E-state index contributed by atoms with van der Waals surface area (Å²) in [6, 6.07) is 12.9. The average molecular weight is 378 g/mol. The zero-order valence-corrected chi connectivity index (χ0v) is 15.2. The molecule has 3 rings (SSSR count). The van der Waals surface area contributed by atoms with Gasteiger partial charge < -0.3 is 10.1 Å². The lowest BCUT2D eigenvalue weighted by atomic mass is 10.1. The van der Waals surface area contributed by atoms with Crippen LogP contribution in [0.1, 0.15) is 38.0 Å². The number of hydrogen-bond donors (Lipinski definition) is 1. The van der Waals surface area contributed by atoms with Crippen LogP contribution in [-0.4, -0.2) is 41.2 Å². The molecule has 0 bridgehead atoms. The second kappa shape index (κ2) is 7.87. The Morgan fingerprint density at radius 3 is 2.46 bits per heavy atom. The molecule has 1 aliphatic rings. The molecular formula is C21H18N2O5. The Labute approximate surface area is 161 Å². The third-order valence-electron chi connectivity index (χ3n) is 4.21. The maximum atomic E-state index is 12.4. The van der Waals surface area contributed by atoms with E-state index in [1.807, 2.05) is 6.07 Å². The number of nitrogens with zero attached hydrogens (tertiary/aromatic N) is 1. The van der Waals surface area contributed by atoms with E-state index < -0.39 is 29.8 Å². The fourth-order valence-corrected chi connectivity index (χ4v) is 2.76. The van der Waals surface area contributed by atoms with Crippen LogP contribution in [0.2, 0.25) is 0 Å². The lowest BCUT2D eigenvalue weighted by Gasteiger charge is -2.13. The molecule has 3 amide bonds. The predicted octanol–water partition coefficient (Wildman–Crippen LogP) is 2.65. The van der Waals surface area contributed by atoms with Crippen molar-refractivity contribution < 1.29 is 23.9 Å². The highest BCUT2D eigenvalue weighted by Gasteiger charge is 2.35. The molecule has 0 aromatic heterocycles. The van der Waals surface area contributed by atoms with Gasteiger partial charge >= 0.3 is 5.97 Å². The Morgan fingerprint density at radius 2 is 1.79 bits per heavy atom. The summed E-state index contributed by atoms with van der Waals surface area (Å²) in [5, 5.41) is 2.64. The Kier molecular flexibility index (Phi) is 5.35. The van der Waals surface area contributed by atoms with Gasteiger partial charge in [0.25, 0.3) is 17.7 Å². The van der Waals surface area contributed by atoms with Gasteiger partial charge in [-0.25, -0.2) is 4.79 Å². The molecule has 0 spiro atoms. The molecular weight excluding hydrogens is 360 g/mol. The van der Waals surface area contributed by atoms with Crippen molar-refractivity contribution in [3.8, 4) is 0 Å². The monoisotopic (exact) mass is 378 g/mol. The van der Waals surface area contributed by atoms with E-state index in [0.29, 0.717) is 5.69 Å². The highest BCUT2D eigenvalue weighted by atomic mass is 16.5. The van der Waals surface area contributed by atoms with Gasteiger partial charge in [-0.1, -0.05) is 24.3 Å². The lowest BCUT2D eigenvalue weighted by molar-refractivity contribution is -0.123. The Morgan fingerprint density at radius 1 is 1.11 bits per heavy atom. The first-order valence-electron chi connectivity index (χ1n) is 8.60. The highest BCUT2D eigenvalue weighted by molar-refractivity contribution is 6.22. The van der Waals surface area contributed by atoms with Crippen LogP contribution in [0, 0.1) is 0 Å². The summed E-state index contributed by atoms with van der Waals surface area (Å²) in [6.07, 6.45) is 0.403. The number of amides is 3. The van der Waals surface area contributed by atoms with Crippen LogP contribution in [0.25, 0.3) is 0 Å². The van der Waals surface area contributed by atoms with E-state index in [2.05, 4.69) is 11.9 Å². The van der Waals surface area contributed by atoms with E-state index in [4.69, 9.17) is 4.74 Å². The number of anilines is 1. The normalized spacial score (nSPS) is 13.7. The minimum Gasteiger partial charge on any atom is -0.449 e. The molecule has 0 fully saturated rings. The molecule has 2 aromatic rings. The molecule has 142 valence electrons. The maximum Gasteiger partial charge on any atom is 0.338 e. The smallest absolute Gasteiger partial charge is 0.338 e. The number of rotatable bonds is 6. The second-order valence-electron chi connectivity index (χ2n) is 6.17. The summed E-state index contributed by atoms with van der Waals surface area (Å²) >= 11 is 0. The van der Waals surface area contributed by atoms with E-state index in [0.717, 1.165) is 4.90 Å². The number of carbonyl (C=O) groups is 4. The van der Waals surface area contributed by atoms with Gasteiger partial charge in [0.2, 0.25) is 0 Å². The fraction of sp³-hybridized carbons (Fsp3) is 0.143. The lowest BCUT2D eigenvalue weighted by Crippen LogP contribution is -2.30. The molecule has 0 saturated carbocycles. The molecule has 1 atom stereocenters. The van der Waals surface area contributed by atoms with Crippen molar-refractivity contribution in [1.82, 2.24) is 4.90 Å². The maximum absolute atomic E-state index is 12.4. The summed E-state index contributed by atoms with van der Waals surface area (Å²) in [7, 11) is 0. The molecule has 1 aliphatic heterocycles. The molecule has 28 heavy (non-hydrogen) atoms. The molecule has 0 unspecified atom stereocenters. The number of imide groups is 1. The van der Waals surface area contributed by atoms with Crippen molar-refractivity contribution in [2.45, 2.75) is 13.0 Å². The minimum absolute atomic E-state index is 0.0831. The van der Waals surface area contributed by atoms with Gasteiger partial charge in [0.05, 0.1) is 16.7 Å². The van der Waals surface area contributed by atoms with Gasteiger partial charge in [-0.3, -0.25) is 19.3 Å². The van der Waals surface area contributed by atoms with Crippen LogP contribution in [0.15, 0.2) is 61.2 Å². The van der Waals surface area contributed by atoms with E-state index >= 15 is 0 Å². The van der Waals surface area contributed by atoms with E-state index in [-0.39, 0.29) is 23.2 Å². The van der Waals surface area contributed by atoms with Gasteiger partial charge in [-0.05, 0) is 37.3 Å². The Balaban J connectivity index is 1.70. The highest BCUT2D eigenvalue weighted by Crippen LogP contribution is 2.24. The molecule has 1 heterocycles. The van der Waals surface area contributed by atoms with E-state index in [1.165, 1.54) is 31.2 Å². The largest absolute Gasteiger partial charge is 0.449 e. The number of carbonyl (C=O) groups excluding carboxylic acids is 4. The van der Waals surface area contributed by atoms with Crippen molar-refractivity contribution in [2.24, 2.45) is 0 Å². The summed E-state index contributed by atoms with van der Waals surface area (Å²) < 4.78 is 5.19. The molecule has 7 nitrogen and oxygen atoms in total. The van der Waals surface area contributed by atoms with E-state index in [9.17, 15) is 19.2 Å². The quantitative estimate of drug-likeness (QED) is 0.474. The number of benzene rings is 2. The number of hydrogen-bond acceptors (Lipinski definition) is 5. The SMILES string of the molecule is C=CCN1C(=O)c2ccc(C(=O)O[C@@H](C)C(=O)Nc3ccccc3)cc2C1=O. The standard InChI is InChI=1S/C21H18N2O5/c1-3-11-23-19(25)16-10-9-14(12-17(16)20(23)26)21(27)28-13(2)18(24)22-15-7-5-4-6-8-15/h3-10,12-13H,1,11H2,2H3,(H,22,24)/t13-/m0/s1. The Hall–Kier alpha value is -3.74. The molecule has 1 N–H and O–H groups in total. The molecule has 0 saturated heterocycles. The van der Waals surface area contributed by atoms with Crippen LogP contribution >= 0.6 is 0 Å². The van der Waals surface area contributed by atoms with Crippen LogP contribution in [0.5, 0.6) is 0 Å². The van der Waals surface area contributed by atoms with Crippen LogP contribution in [0.3, 0.4) is 0 Å². The number of para-hydroxylation sites is 1. The van der Waals surface area contributed by atoms with Crippen LogP contribution < -0.4 is 5.32 Å². The summed E-state index contributed by atoms with van der Waals surface area (Å²) in [5.41, 5.74) is 1.01. The van der Waals surface area contributed by atoms with Gasteiger partial charge in [0.1, 0.15) is 0 Å². The minimum atomic E-state index is -1.05. The van der Waals surface area contributed by atoms with Gasteiger partial charge in [-0.15, -0.1) is 6.58 Å². The number of esters is 1. The second-order valence-corrected chi connectivity index (χ2v) is 6.17. The van der Waals surface area contributed by atoms with Gasteiger partial charge in [-0.2, -0.15) is 0 Å². The topological polar surface area (TPSA) is 92.8 Å². The zero-order valence-electron chi connectivity index (χ0n) is 15.2. The van der Waals surface area contributed by atoms with Gasteiger partial charge in [0.15, 0.2) is 6.10 Å². The predicted molar refractivity (Wildman–Crippen MR) is 102 cm³/mol. The van der Waals surface area contributed by atoms with Crippen molar-refractivity contribution in [2.75, 3.05) is 11.9 Å². The molecule has 0 aliphatic carbocycles. The Bertz CT molecular complexity index is 968. The fourth-order valence-electron chi connectivity index (χ4n) is 2.76. The van der Waals surface area contributed by atoms with Crippen LogP contribution in [-0.2, 0) is 9.53 Å². The first-order valence-corrected chi connectivity index (χ1v) is 8.60. The summed E-state index contributed by atoms with van der Waals surface area (Å²) in [5.74, 6) is -2.18. The number of nitrogens with one attached hydrogen (secondary N) is 1. The van der Waals surface area contributed by atoms with Crippen molar-refractivity contribution in [3.05, 3.63) is 77.9 Å². The first kappa shape index (κ1) is 19.0. The van der Waals surface area contributed by atoms with Gasteiger partial charge in [0, 0.05) is 12.2 Å². The number of fused-ring (bicyclic) bond motifs is 1. The average Bonchev–Trinajstić information content (AvgIpc) is 2.93. The molecule has 2 aromatic carbocycles. The third-order valence-corrected chi connectivity index (χ3v) is 4.21. The van der Waals surface area contributed by atoms with Crippen LogP contribution in [0.4, 0.5) is 5.69 Å². The first-order chi connectivity index (χ1) is 13.4. The van der Waals surface area contributed by atoms with Crippen molar-refractivity contribution >= 4 is 29.4 Å². The molecule has 0 radical (unpaired) electrons. The summed E-state index contributed by atoms with van der Waals surface area (Å²) in [4.78, 5) is 50.2. The van der Waals surface area contributed by atoms with Crippen molar-refractivity contribution in [3.63, 3.8) is 0 Å². The van der Waals surface area contributed by atoms with E-state index in [1.54, 1.807) is 24.3 Å². The summed E-state index contributed by atoms with van der Waals surface area (Å²) in [6.45, 7) is 5.06.